The molecule has 0 fully saturated rings. The predicted octanol–water partition coefficient (Wildman–Crippen LogP) is 3.00. The first-order chi connectivity index (χ1) is 10.3. The molecule has 2 aromatic heterocycles. The van der Waals surface area contributed by atoms with E-state index in [9.17, 15) is 0 Å². The summed E-state index contributed by atoms with van der Waals surface area (Å²) in [6.45, 7) is 2.73. The molecule has 0 saturated carbocycles. The molecule has 0 aliphatic carbocycles. The zero-order chi connectivity index (χ0) is 14.2. The van der Waals surface area contributed by atoms with E-state index in [1.165, 1.54) is 5.56 Å². The van der Waals surface area contributed by atoms with Crippen molar-refractivity contribution in [1.29, 1.82) is 0 Å². The fourth-order valence-corrected chi connectivity index (χ4v) is 2.65. The monoisotopic (exact) mass is 278 g/mol. The lowest BCUT2D eigenvalue weighted by molar-refractivity contribution is 0.370. The molecule has 0 spiro atoms. The Balaban J connectivity index is 1.70. The third-order valence-corrected chi connectivity index (χ3v) is 3.69. The molecule has 0 radical (unpaired) electrons. The molecular weight excluding hydrogens is 264 g/mol. The van der Waals surface area contributed by atoms with Gasteiger partial charge in [-0.2, -0.15) is 4.98 Å². The summed E-state index contributed by atoms with van der Waals surface area (Å²) in [6.07, 6.45) is 0. The lowest BCUT2D eigenvalue weighted by Crippen LogP contribution is -2.04. The SMILES string of the molecule is Cc1cccc(-c2noc(C3CNc4ccccc43)n2)n1. The second-order valence-corrected chi connectivity index (χ2v) is 5.14. The average Bonchev–Trinajstić information content (AvgIpc) is 3.14. The van der Waals surface area contributed by atoms with Crippen LogP contribution in [0.4, 0.5) is 5.69 Å². The van der Waals surface area contributed by atoms with Crippen LogP contribution in [0.1, 0.15) is 23.1 Å². The van der Waals surface area contributed by atoms with Gasteiger partial charge in [0.1, 0.15) is 5.69 Å². The van der Waals surface area contributed by atoms with E-state index < -0.39 is 0 Å². The lowest BCUT2D eigenvalue weighted by Gasteiger charge is -2.03. The summed E-state index contributed by atoms with van der Waals surface area (Å²) < 4.78 is 5.46. The van der Waals surface area contributed by atoms with Crippen LogP contribution in [-0.2, 0) is 0 Å². The molecule has 3 aromatic rings. The number of aryl methyl sites for hydroxylation is 1. The smallest absolute Gasteiger partial charge is 0.236 e. The minimum atomic E-state index is 0.104. The molecule has 1 aliphatic heterocycles. The molecular formula is C16H14N4O. The highest BCUT2D eigenvalue weighted by atomic mass is 16.5. The van der Waals surface area contributed by atoms with Gasteiger partial charge < -0.3 is 9.84 Å². The topological polar surface area (TPSA) is 63.8 Å². The summed E-state index contributed by atoms with van der Waals surface area (Å²) in [6, 6.07) is 14.0. The van der Waals surface area contributed by atoms with Gasteiger partial charge in [0.15, 0.2) is 0 Å². The Bertz CT molecular complexity index is 796. The van der Waals surface area contributed by atoms with Gasteiger partial charge in [-0.1, -0.05) is 29.4 Å². The quantitative estimate of drug-likeness (QED) is 0.780. The molecule has 1 atom stereocenters. The maximum atomic E-state index is 5.46. The maximum Gasteiger partial charge on any atom is 0.236 e. The number of fused-ring (bicyclic) bond motifs is 1. The Morgan fingerprint density at radius 3 is 2.90 bits per heavy atom. The molecule has 1 unspecified atom stereocenters. The number of nitrogens with zero attached hydrogens (tertiary/aromatic N) is 3. The Hall–Kier alpha value is -2.69. The van der Waals surface area contributed by atoms with E-state index in [1.807, 2.05) is 37.3 Å². The van der Waals surface area contributed by atoms with E-state index in [1.54, 1.807) is 0 Å². The van der Waals surface area contributed by atoms with Crippen LogP contribution in [0.25, 0.3) is 11.5 Å². The number of para-hydroxylation sites is 1. The standard InChI is InChI=1S/C16H14N4O/c1-10-5-4-8-14(18-10)15-19-16(21-20-15)12-9-17-13-7-3-2-6-11(12)13/h2-8,12,17H,9H2,1H3. The summed E-state index contributed by atoms with van der Waals surface area (Å²) in [5.74, 6) is 1.27. The zero-order valence-electron chi connectivity index (χ0n) is 11.6. The molecule has 1 aromatic carbocycles. The van der Waals surface area contributed by atoms with Crippen molar-refractivity contribution in [3.8, 4) is 11.5 Å². The molecule has 21 heavy (non-hydrogen) atoms. The second-order valence-electron chi connectivity index (χ2n) is 5.14. The first kappa shape index (κ1) is 12.1. The van der Waals surface area contributed by atoms with Crippen LogP contribution >= 0.6 is 0 Å². The Kier molecular flexibility index (Phi) is 2.70. The van der Waals surface area contributed by atoms with Crippen LogP contribution in [0.15, 0.2) is 47.0 Å². The van der Waals surface area contributed by atoms with Crippen molar-refractivity contribution in [3.05, 3.63) is 59.6 Å². The number of nitrogens with one attached hydrogen (secondary N) is 1. The zero-order valence-corrected chi connectivity index (χ0v) is 11.6. The van der Waals surface area contributed by atoms with Crippen LogP contribution in [0.2, 0.25) is 0 Å². The molecule has 0 saturated heterocycles. The summed E-state index contributed by atoms with van der Waals surface area (Å²) in [5.41, 5.74) is 4.01. The van der Waals surface area contributed by atoms with Gasteiger partial charge in [0, 0.05) is 17.9 Å². The first-order valence-corrected chi connectivity index (χ1v) is 6.92. The second kappa shape index (κ2) is 4.70. The van der Waals surface area contributed by atoms with Crippen molar-refractivity contribution in [2.75, 3.05) is 11.9 Å². The molecule has 5 nitrogen and oxygen atoms in total. The summed E-state index contributed by atoms with van der Waals surface area (Å²) in [5, 5.41) is 7.43. The highest BCUT2D eigenvalue weighted by Gasteiger charge is 2.28. The predicted molar refractivity (Wildman–Crippen MR) is 79.0 cm³/mol. The fourth-order valence-electron chi connectivity index (χ4n) is 2.65. The van der Waals surface area contributed by atoms with Crippen LogP contribution < -0.4 is 5.32 Å². The number of hydrogen-bond donors (Lipinski definition) is 1. The van der Waals surface area contributed by atoms with Gasteiger partial charge in [-0.25, -0.2) is 4.98 Å². The number of benzene rings is 1. The van der Waals surface area contributed by atoms with Crippen LogP contribution in [0.5, 0.6) is 0 Å². The number of rotatable bonds is 2. The lowest BCUT2D eigenvalue weighted by atomic mass is 10.0. The number of anilines is 1. The summed E-state index contributed by atoms with van der Waals surface area (Å²) in [7, 11) is 0. The fraction of sp³-hybridized carbons (Fsp3) is 0.188. The minimum absolute atomic E-state index is 0.104. The molecule has 5 heteroatoms. The molecule has 1 aliphatic rings. The van der Waals surface area contributed by atoms with E-state index in [4.69, 9.17) is 4.52 Å². The Morgan fingerprint density at radius 1 is 1.10 bits per heavy atom. The average molecular weight is 278 g/mol. The highest BCUT2D eigenvalue weighted by molar-refractivity contribution is 5.59. The van der Waals surface area contributed by atoms with E-state index in [2.05, 4.69) is 32.6 Å². The van der Waals surface area contributed by atoms with Crippen molar-refractivity contribution in [3.63, 3.8) is 0 Å². The van der Waals surface area contributed by atoms with Crippen LogP contribution in [0, 0.1) is 6.92 Å². The van der Waals surface area contributed by atoms with Gasteiger partial charge in [-0.3, -0.25) is 0 Å². The van der Waals surface area contributed by atoms with Gasteiger partial charge in [-0.05, 0) is 30.7 Å². The van der Waals surface area contributed by atoms with Gasteiger partial charge in [-0.15, -0.1) is 0 Å². The van der Waals surface area contributed by atoms with Crippen molar-refractivity contribution >= 4 is 5.69 Å². The van der Waals surface area contributed by atoms with Crippen molar-refractivity contribution < 1.29 is 4.52 Å². The number of hydrogen-bond acceptors (Lipinski definition) is 5. The summed E-state index contributed by atoms with van der Waals surface area (Å²) in [4.78, 5) is 8.95. The van der Waals surface area contributed by atoms with E-state index in [0.717, 1.165) is 23.6 Å². The van der Waals surface area contributed by atoms with E-state index in [-0.39, 0.29) is 5.92 Å². The van der Waals surface area contributed by atoms with Crippen molar-refractivity contribution in [1.82, 2.24) is 15.1 Å². The van der Waals surface area contributed by atoms with Gasteiger partial charge in [0.25, 0.3) is 0 Å². The minimum Gasteiger partial charge on any atom is -0.384 e. The Morgan fingerprint density at radius 2 is 2.00 bits per heavy atom. The molecule has 1 N–H and O–H groups in total. The van der Waals surface area contributed by atoms with Gasteiger partial charge in [0.05, 0.1) is 5.92 Å². The van der Waals surface area contributed by atoms with Crippen LogP contribution in [0.3, 0.4) is 0 Å². The van der Waals surface area contributed by atoms with Crippen LogP contribution in [-0.4, -0.2) is 21.7 Å². The molecule has 104 valence electrons. The molecule has 3 heterocycles. The van der Waals surface area contributed by atoms with Crippen molar-refractivity contribution in [2.45, 2.75) is 12.8 Å². The number of pyridine rings is 1. The third kappa shape index (κ3) is 2.07. The Labute approximate surface area is 122 Å². The largest absolute Gasteiger partial charge is 0.384 e. The molecule has 0 bridgehead atoms. The van der Waals surface area contributed by atoms with Gasteiger partial charge in [0.2, 0.25) is 11.7 Å². The van der Waals surface area contributed by atoms with E-state index >= 15 is 0 Å². The first-order valence-electron chi connectivity index (χ1n) is 6.92. The maximum absolute atomic E-state index is 5.46. The van der Waals surface area contributed by atoms with Crippen molar-refractivity contribution in [2.24, 2.45) is 0 Å². The molecule has 0 amide bonds. The third-order valence-electron chi connectivity index (χ3n) is 3.69. The van der Waals surface area contributed by atoms with Gasteiger partial charge >= 0.3 is 0 Å². The van der Waals surface area contributed by atoms with E-state index in [0.29, 0.717) is 11.7 Å². The number of aromatic nitrogens is 3. The molecule has 4 rings (SSSR count). The summed E-state index contributed by atoms with van der Waals surface area (Å²) >= 11 is 0. The highest BCUT2D eigenvalue weighted by Crippen LogP contribution is 2.35. The normalized spacial score (nSPS) is 16.5.